The van der Waals surface area contributed by atoms with Crippen LogP contribution in [-0.2, 0) is 9.53 Å². The fraction of sp³-hybridized carbons (Fsp3) is 0.846. The van der Waals surface area contributed by atoms with E-state index >= 15 is 0 Å². The maximum atomic E-state index is 12.5. The fourth-order valence-electron chi connectivity index (χ4n) is 2.22. The standard InChI is InChI=1S/C13H21F3N2O3/c1-11(2,3)21-10(20)17-8-6-12(4,5)18(9(8)19)7-13(14,15)16/h8H,6-7H2,1-5H3,(H,17,20)/t8-/m0/s1. The molecule has 0 bridgehead atoms. The fourth-order valence-corrected chi connectivity index (χ4v) is 2.22. The molecule has 0 radical (unpaired) electrons. The molecular weight excluding hydrogens is 289 g/mol. The molecule has 0 unspecified atom stereocenters. The van der Waals surface area contributed by atoms with Gasteiger partial charge in [0.15, 0.2) is 0 Å². The zero-order valence-corrected chi connectivity index (χ0v) is 12.8. The molecule has 1 saturated heterocycles. The number of hydrogen-bond donors (Lipinski definition) is 1. The number of carbonyl (C=O) groups is 2. The number of carbonyl (C=O) groups excluding carboxylic acids is 2. The molecule has 0 aliphatic carbocycles. The minimum absolute atomic E-state index is 0.0984. The average Bonchev–Trinajstić information content (AvgIpc) is 2.36. The van der Waals surface area contributed by atoms with Crippen LogP contribution in [0.3, 0.4) is 0 Å². The van der Waals surface area contributed by atoms with Gasteiger partial charge in [-0.05, 0) is 41.0 Å². The third-order valence-corrected chi connectivity index (χ3v) is 3.03. The summed E-state index contributed by atoms with van der Waals surface area (Å²) in [5.74, 6) is -0.747. The lowest BCUT2D eigenvalue weighted by Gasteiger charge is -2.31. The highest BCUT2D eigenvalue weighted by Gasteiger charge is 2.49. The largest absolute Gasteiger partial charge is 0.444 e. The maximum absolute atomic E-state index is 12.5. The van der Waals surface area contributed by atoms with Crippen molar-refractivity contribution in [2.45, 2.75) is 64.4 Å². The van der Waals surface area contributed by atoms with Crippen LogP contribution >= 0.6 is 0 Å². The summed E-state index contributed by atoms with van der Waals surface area (Å²) in [6.07, 6.45) is -5.19. The van der Waals surface area contributed by atoms with Crippen molar-refractivity contribution in [1.82, 2.24) is 10.2 Å². The van der Waals surface area contributed by atoms with Crippen LogP contribution in [0.5, 0.6) is 0 Å². The highest BCUT2D eigenvalue weighted by Crippen LogP contribution is 2.33. The molecule has 1 fully saturated rings. The first-order chi connectivity index (χ1) is 9.21. The minimum Gasteiger partial charge on any atom is -0.444 e. The van der Waals surface area contributed by atoms with Gasteiger partial charge in [-0.2, -0.15) is 13.2 Å². The zero-order valence-electron chi connectivity index (χ0n) is 12.8. The van der Waals surface area contributed by atoms with Crippen LogP contribution in [0.25, 0.3) is 0 Å². The molecule has 1 aliphatic rings. The molecule has 1 N–H and O–H groups in total. The lowest BCUT2D eigenvalue weighted by molar-refractivity contribution is -0.165. The second-order valence-electron chi connectivity index (χ2n) is 6.75. The van der Waals surface area contributed by atoms with Gasteiger partial charge in [0.2, 0.25) is 5.91 Å². The first kappa shape index (κ1) is 17.6. The van der Waals surface area contributed by atoms with Gasteiger partial charge >= 0.3 is 12.3 Å². The molecular formula is C13H21F3N2O3. The predicted octanol–water partition coefficient (Wildman–Crippen LogP) is 2.45. The number of ether oxygens (including phenoxy) is 1. The molecule has 1 heterocycles. The molecule has 1 rings (SSSR count). The Balaban J connectivity index is 2.76. The predicted molar refractivity (Wildman–Crippen MR) is 69.6 cm³/mol. The van der Waals surface area contributed by atoms with Crippen molar-refractivity contribution < 1.29 is 27.5 Å². The Hall–Kier alpha value is -1.47. The third kappa shape index (κ3) is 5.09. The third-order valence-electron chi connectivity index (χ3n) is 3.03. The molecule has 0 aromatic carbocycles. The van der Waals surface area contributed by atoms with Crippen molar-refractivity contribution in [3.63, 3.8) is 0 Å². The second kappa shape index (κ2) is 5.38. The van der Waals surface area contributed by atoms with Crippen LogP contribution in [0.4, 0.5) is 18.0 Å². The highest BCUT2D eigenvalue weighted by atomic mass is 19.4. The smallest absolute Gasteiger partial charge is 0.408 e. The summed E-state index contributed by atoms with van der Waals surface area (Å²) in [5.41, 5.74) is -1.72. The van der Waals surface area contributed by atoms with E-state index in [2.05, 4.69) is 5.32 Å². The molecule has 0 aromatic heterocycles. The number of rotatable bonds is 2. The van der Waals surface area contributed by atoms with Gasteiger partial charge < -0.3 is 15.0 Å². The van der Waals surface area contributed by atoms with Crippen molar-refractivity contribution in [1.29, 1.82) is 0 Å². The molecule has 0 spiro atoms. The van der Waals surface area contributed by atoms with Crippen LogP contribution < -0.4 is 5.32 Å². The summed E-state index contributed by atoms with van der Waals surface area (Å²) in [6, 6.07) is -1.00. The summed E-state index contributed by atoms with van der Waals surface area (Å²) in [7, 11) is 0. The summed E-state index contributed by atoms with van der Waals surface area (Å²) in [4.78, 5) is 24.4. The molecule has 8 heteroatoms. The Kier molecular flexibility index (Phi) is 4.51. The van der Waals surface area contributed by atoms with E-state index in [-0.39, 0.29) is 6.42 Å². The Morgan fingerprint density at radius 1 is 1.38 bits per heavy atom. The van der Waals surface area contributed by atoms with Gasteiger partial charge in [-0.25, -0.2) is 4.79 Å². The molecule has 2 amide bonds. The Bertz CT molecular complexity index is 427. The van der Waals surface area contributed by atoms with E-state index in [1.54, 1.807) is 20.8 Å². The van der Waals surface area contributed by atoms with Gasteiger partial charge in [0.25, 0.3) is 0 Å². The lowest BCUT2D eigenvalue weighted by Crippen LogP contribution is -2.48. The second-order valence-corrected chi connectivity index (χ2v) is 6.75. The summed E-state index contributed by atoms with van der Waals surface area (Å²) < 4.78 is 42.6. The van der Waals surface area contributed by atoms with E-state index in [0.717, 1.165) is 4.90 Å². The monoisotopic (exact) mass is 310 g/mol. The molecule has 21 heavy (non-hydrogen) atoms. The quantitative estimate of drug-likeness (QED) is 0.852. The summed E-state index contributed by atoms with van der Waals surface area (Å²) in [5, 5.41) is 2.34. The van der Waals surface area contributed by atoms with Crippen molar-refractivity contribution in [2.24, 2.45) is 0 Å². The van der Waals surface area contributed by atoms with E-state index < -0.39 is 41.9 Å². The number of alkyl halides is 3. The molecule has 1 aliphatic heterocycles. The van der Waals surface area contributed by atoms with E-state index in [1.165, 1.54) is 13.8 Å². The number of hydrogen-bond acceptors (Lipinski definition) is 3. The number of nitrogens with one attached hydrogen (secondary N) is 1. The van der Waals surface area contributed by atoms with Crippen molar-refractivity contribution in [3.8, 4) is 0 Å². The lowest BCUT2D eigenvalue weighted by atomic mass is 10.0. The average molecular weight is 310 g/mol. The van der Waals surface area contributed by atoms with Crippen molar-refractivity contribution in [2.75, 3.05) is 6.54 Å². The van der Waals surface area contributed by atoms with Crippen LogP contribution in [0.15, 0.2) is 0 Å². The number of amides is 2. The highest BCUT2D eigenvalue weighted by molar-refractivity contribution is 5.88. The van der Waals surface area contributed by atoms with E-state index in [0.29, 0.717) is 0 Å². The minimum atomic E-state index is -4.48. The number of likely N-dealkylation sites (tertiary alicyclic amines) is 1. The van der Waals surface area contributed by atoms with Gasteiger partial charge in [-0.15, -0.1) is 0 Å². The first-order valence-corrected chi connectivity index (χ1v) is 6.59. The Morgan fingerprint density at radius 3 is 2.33 bits per heavy atom. The van der Waals surface area contributed by atoms with Crippen LogP contribution in [-0.4, -0.2) is 46.8 Å². The molecule has 0 saturated carbocycles. The van der Waals surface area contributed by atoms with Crippen LogP contribution in [0.2, 0.25) is 0 Å². The van der Waals surface area contributed by atoms with E-state index in [4.69, 9.17) is 4.74 Å². The van der Waals surface area contributed by atoms with Gasteiger partial charge in [-0.3, -0.25) is 4.79 Å². The van der Waals surface area contributed by atoms with Crippen molar-refractivity contribution in [3.05, 3.63) is 0 Å². The van der Waals surface area contributed by atoms with E-state index in [1.807, 2.05) is 0 Å². The van der Waals surface area contributed by atoms with Gasteiger partial charge in [0.1, 0.15) is 18.2 Å². The van der Waals surface area contributed by atoms with E-state index in [9.17, 15) is 22.8 Å². The van der Waals surface area contributed by atoms with Crippen molar-refractivity contribution >= 4 is 12.0 Å². The SMILES string of the molecule is CC(C)(C)OC(=O)N[C@H]1CC(C)(C)N(CC(F)(F)F)C1=O. The number of nitrogens with zero attached hydrogens (tertiary/aromatic N) is 1. The topological polar surface area (TPSA) is 58.6 Å². The van der Waals surface area contributed by atoms with Crippen LogP contribution in [0, 0.1) is 0 Å². The maximum Gasteiger partial charge on any atom is 0.408 e. The zero-order chi connectivity index (χ0) is 16.6. The normalized spacial score (nSPS) is 22.4. The Labute approximate surface area is 121 Å². The summed E-state index contributed by atoms with van der Waals surface area (Å²) >= 11 is 0. The van der Waals surface area contributed by atoms with Gasteiger partial charge in [0, 0.05) is 5.54 Å². The van der Waals surface area contributed by atoms with Crippen LogP contribution in [0.1, 0.15) is 41.0 Å². The Morgan fingerprint density at radius 2 is 1.90 bits per heavy atom. The molecule has 1 atom stereocenters. The van der Waals surface area contributed by atoms with Gasteiger partial charge in [-0.1, -0.05) is 0 Å². The first-order valence-electron chi connectivity index (χ1n) is 6.59. The van der Waals surface area contributed by atoms with Gasteiger partial charge in [0.05, 0.1) is 0 Å². The molecule has 5 nitrogen and oxygen atoms in total. The molecule has 122 valence electrons. The summed E-state index contributed by atoms with van der Waals surface area (Å²) in [6.45, 7) is 6.71. The molecule has 0 aromatic rings. The number of halogens is 3. The number of alkyl carbamates (subject to hydrolysis) is 1.